The monoisotopic (exact) mass is 372 g/mol. The summed E-state index contributed by atoms with van der Waals surface area (Å²) in [6.07, 6.45) is 2.35. The molecule has 8 heteroatoms. The van der Waals surface area contributed by atoms with Gasteiger partial charge in [-0.3, -0.25) is 10.1 Å². The minimum atomic E-state index is -0.525. The number of rotatable bonds is 3. The normalized spacial score (nSPS) is 15.6. The number of amides is 1. The van der Waals surface area contributed by atoms with Gasteiger partial charge in [0, 0.05) is 24.5 Å². The van der Waals surface area contributed by atoms with Crippen molar-refractivity contribution in [1.82, 2.24) is 9.88 Å². The van der Waals surface area contributed by atoms with E-state index in [0.717, 1.165) is 5.39 Å². The number of pyridine rings is 1. The summed E-state index contributed by atoms with van der Waals surface area (Å²) in [5, 5.41) is 15.5. The van der Waals surface area contributed by atoms with Gasteiger partial charge in [0.2, 0.25) is 0 Å². The summed E-state index contributed by atoms with van der Waals surface area (Å²) in [5.41, 5.74) is 0.629. The van der Waals surface area contributed by atoms with Gasteiger partial charge in [-0.1, -0.05) is 18.2 Å². The van der Waals surface area contributed by atoms with Crippen molar-refractivity contribution in [2.24, 2.45) is 0 Å². The molecule has 0 aliphatic carbocycles. The molecule has 144 valence electrons. The fourth-order valence-corrected chi connectivity index (χ4v) is 3.16. The number of carbonyl (C=O) groups excluding carboxylic acids is 1. The van der Waals surface area contributed by atoms with Crippen molar-refractivity contribution in [3.05, 3.63) is 40.6 Å². The average Bonchev–Trinajstić information content (AvgIpc) is 2.61. The fourth-order valence-electron chi connectivity index (χ4n) is 3.16. The minimum absolute atomic E-state index is 0.0354. The summed E-state index contributed by atoms with van der Waals surface area (Å²) in [4.78, 5) is 29.1. The Morgan fingerprint density at radius 2 is 1.96 bits per heavy atom. The zero-order valence-electron chi connectivity index (χ0n) is 15.8. The maximum atomic E-state index is 12.2. The number of likely N-dealkylation sites (tertiary alicyclic amines) is 1. The fraction of sp³-hybridized carbons (Fsp3) is 0.474. The molecule has 1 aromatic heterocycles. The number of nitrogens with zero attached hydrogens (tertiary/aromatic N) is 3. The van der Waals surface area contributed by atoms with Crippen molar-refractivity contribution in [2.75, 3.05) is 18.4 Å². The summed E-state index contributed by atoms with van der Waals surface area (Å²) in [6.45, 7) is 6.61. The van der Waals surface area contributed by atoms with Crippen LogP contribution in [0.3, 0.4) is 0 Å². The molecule has 8 nitrogen and oxygen atoms in total. The van der Waals surface area contributed by atoms with Crippen LogP contribution in [0.5, 0.6) is 0 Å². The molecule has 0 unspecified atom stereocenters. The van der Waals surface area contributed by atoms with E-state index >= 15 is 0 Å². The summed E-state index contributed by atoms with van der Waals surface area (Å²) in [6, 6.07) is 7.38. The van der Waals surface area contributed by atoms with Gasteiger partial charge >= 0.3 is 11.8 Å². The lowest BCUT2D eigenvalue weighted by molar-refractivity contribution is -0.384. The molecule has 2 heterocycles. The number of benzene rings is 1. The van der Waals surface area contributed by atoms with Gasteiger partial charge in [-0.05, 0) is 39.7 Å². The number of ether oxygens (including phenoxy) is 1. The van der Waals surface area contributed by atoms with Crippen molar-refractivity contribution in [2.45, 2.75) is 45.3 Å². The van der Waals surface area contributed by atoms with Crippen LogP contribution in [0.1, 0.15) is 33.6 Å². The first-order chi connectivity index (χ1) is 12.7. The van der Waals surface area contributed by atoms with Gasteiger partial charge in [0.1, 0.15) is 17.5 Å². The van der Waals surface area contributed by atoms with E-state index in [9.17, 15) is 14.9 Å². The Kier molecular flexibility index (Phi) is 5.16. The smallest absolute Gasteiger partial charge is 0.410 e. The number of fused-ring (bicyclic) bond motifs is 1. The molecule has 1 N–H and O–H groups in total. The van der Waals surface area contributed by atoms with Crippen molar-refractivity contribution < 1.29 is 14.5 Å². The van der Waals surface area contributed by atoms with Crippen molar-refractivity contribution in [1.29, 1.82) is 0 Å². The van der Waals surface area contributed by atoms with Gasteiger partial charge in [0.25, 0.3) is 0 Å². The van der Waals surface area contributed by atoms with Crippen molar-refractivity contribution in [3.8, 4) is 0 Å². The first kappa shape index (κ1) is 18.9. The number of para-hydroxylation sites is 1. The van der Waals surface area contributed by atoms with Gasteiger partial charge in [-0.15, -0.1) is 0 Å². The molecule has 0 spiro atoms. The molecule has 0 radical (unpaired) electrons. The second kappa shape index (κ2) is 7.38. The Morgan fingerprint density at radius 3 is 2.59 bits per heavy atom. The lowest BCUT2D eigenvalue weighted by atomic mass is 10.0. The number of hydrogen-bond donors (Lipinski definition) is 1. The molecular weight excluding hydrogens is 348 g/mol. The quantitative estimate of drug-likeness (QED) is 0.647. The molecule has 1 fully saturated rings. The van der Waals surface area contributed by atoms with E-state index in [1.165, 1.54) is 6.20 Å². The Hall–Kier alpha value is -2.90. The highest BCUT2D eigenvalue weighted by Crippen LogP contribution is 2.33. The SMILES string of the molecule is CC(C)(C)OC(=O)N1CCC(Nc2c([N+](=O)[O-])cnc3ccccc23)CC1. The van der Waals surface area contributed by atoms with Gasteiger partial charge in [-0.2, -0.15) is 0 Å². The van der Waals surface area contributed by atoms with Crippen molar-refractivity contribution >= 4 is 28.4 Å². The molecule has 27 heavy (non-hydrogen) atoms. The third kappa shape index (κ3) is 4.45. The second-order valence-corrected chi connectivity index (χ2v) is 7.68. The predicted octanol–water partition coefficient (Wildman–Crippen LogP) is 3.95. The number of hydrogen-bond acceptors (Lipinski definition) is 6. The van der Waals surface area contributed by atoms with Gasteiger partial charge in [-0.25, -0.2) is 9.78 Å². The van der Waals surface area contributed by atoms with Crippen LogP contribution in [0.2, 0.25) is 0 Å². The Morgan fingerprint density at radius 1 is 1.30 bits per heavy atom. The van der Waals surface area contributed by atoms with E-state index in [-0.39, 0.29) is 17.8 Å². The third-order valence-electron chi connectivity index (χ3n) is 4.45. The van der Waals surface area contributed by atoms with Crippen LogP contribution in [0.25, 0.3) is 10.9 Å². The molecule has 0 atom stereocenters. The number of aromatic nitrogens is 1. The van der Waals surface area contributed by atoms with E-state index in [4.69, 9.17) is 4.74 Å². The van der Waals surface area contributed by atoms with Gasteiger partial charge < -0.3 is 15.0 Å². The first-order valence-corrected chi connectivity index (χ1v) is 9.01. The van der Waals surface area contributed by atoms with E-state index in [2.05, 4.69) is 10.3 Å². The summed E-state index contributed by atoms with van der Waals surface area (Å²) >= 11 is 0. The van der Waals surface area contributed by atoms with Crippen molar-refractivity contribution in [3.63, 3.8) is 0 Å². The highest BCUT2D eigenvalue weighted by atomic mass is 16.6. The molecular formula is C19H24N4O4. The zero-order chi connectivity index (χ0) is 19.6. The number of nitro groups is 1. The molecule has 0 bridgehead atoms. The summed E-state index contributed by atoms with van der Waals surface area (Å²) < 4.78 is 5.41. The van der Waals surface area contributed by atoms with Crippen LogP contribution in [0, 0.1) is 10.1 Å². The summed E-state index contributed by atoms with van der Waals surface area (Å²) in [7, 11) is 0. The molecule has 1 aliphatic heterocycles. The van der Waals surface area contributed by atoms with E-state index in [1.807, 2.05) is 45.0 Å². The van der Waals surface area contributed by atoms with Crippen LogP contribution in [0.15, 0.2) is 30.5 Å². The Balaban J connectivity index is 1.73. The lowest BCUT2D eigenvalue weighted by Crippen LogP contribution is -2.44. The maximum absolute atomic E-state index is 12.2. The van der Waals surface area contributed by atoms with Crippen LogP contribution >= 0.6 is 0 Å². The largest absolute Gasteiger partial charge is 0.444 e. The molecule has 0 saturated carbocycles. The second-order valence-electron chi connectivity index (χ2n) is 7.68. The first-order valence-electron chi connectivity index (χ1n) is 9.01. The maximum Gasteiger partial charge on any atom is 0.410 e. The van der Waals surface area contributed by atoms with Crippen LogP contribution in [0.4, 0.5) is 16.2 Å². The van der Waals surface area contributed by atoms with Crippen LogP contribution < -0.4 is 5.32 Å². The zero-order valence-corrected chi connectivity index (χ0v) is 15.8. The number of piperidine rings is 1. The number of carbonyl (C=O) groups is 1. The Labute approximate surface area is 157 Å². The molecule has 1 saturated heterocycles. The van der Waals surface area contributed by atoms with E-state index in [1.54, 1.807) is 4.90 Å². The highest BCUT2D eigenvalue weighted by molar-refractivity contribution is 5.95. The van der Waals surface area contributed by atoms with E-state index in [0.29, 0.717) is 37.1 Å². The number of anilines is 1. The molecule has 1 amide bonds. The van der Waals surface area contributed by atoms with Gasteiger partial charge in [0.15, 0.2) is 0 Å². The third-order valence-corrected chi connectivity index (χ3v) is 4.45. The molecule has 3 rings (SSSR count). The molecule has 1 aromatic carbocycles. The Bertz CT molecular complexity index is 854. The van der Waals surface area contributed by atoms with Gasteiger partial charge in [0.05, 0.1) is 10.4 Å². The van der Waals surface area contributed by atoms with Crippen LogP contribution in [-0.4, -0.2) is 45.6 Å². The molecule has 1 aliphatic rings. The average molecular weight is 372 g/mol. The standard InChI is InChI=1S/C19H24N4O4/c1-19(2,3)27-18(24)22-10-8-13(9-11-22)21-17-14-6-4-5-7-15(14)20-12-16(17)23(25)26/h4-7,12-13H,8-11H2,1-3H3,(H,20,21). The minimum Gasteiger partial charge on any atom is -0.444 e. The lowest BCUT2D eigenvalue weighted by Gasteiger charge is -2.34. The van der Waals surface area contributed by atoms with Crippen LogP contribution in [-0.2, 0) is 4.74 Å². The predicted molar refractivity (Wildman–Crippen MR) is 103 cm³/mol. The highest BCUT2D eigenvalue weighted by Gasteiger charge is 2.28. The molecule has 2 aromatic rings. The topological polar surface area (TPSA) is 97.6 Å². The number of nitrogens with one attached hydrogen (secondary N) is 1. The summed E-state index contributed by atoms with van der Waals surface area (Å²) in [5.74, 6) is 0. The van der Waals surface area contributed by atoms with E-state index < -0.39 is 10.5 Å².